The van der Waals surface area contributed by atoms with Crippen molar-refractivity contribution in [2.75, 3.05) is 48.8 Å². The fourth-order valence-corrected chi connectivity index (χ4v) is 5.97. The lowest BCUT2D eigenvalue weighted by atomic mass is 10.1. The summed E-state index contributed by atoms with van der Waals surface area (Å²) in [5.41, 5.74) is 3.14. The Hall–Kier alpha value is -2.98. The minimum atomic E-state index is -1.28. The van der Waals surface area contributed by atoms with E-state index in [4.69, 9.17) is 9.72 Å². The monoisotopic (exact) mass is 537 g/mol. The van der Waals surface area contributed by atoms with E-state index in [-0.39, 0.29) is 6.09 Å². The number of amides is 1. The first-order chi connectivity index (χ1) is 17.7. The number of nitrogens with zero attached hydrogens (tertiary/aromatic N) is 5. The molecule has 1 fully saturated rings. The number of hydrogen-bond donors (Lipinski definition) is 0. The molecule has 10 heteroatoms. The Morgan fingerprint density at radius 3 is 2.41 bits per heavy atom. The first kappa shape index (κ1) is 25.7. The van der Waals surface area contributed by atoms with Crippen molar-refractivity contribution in [1.29, 1.82) is 0 Å². The molecule has 2 aliphatic heterocycles. The molecule has 0 saturated carbocycles. The SMILES string of the molecule is CS(=O)c1nc2c(c(N3CCN(C(=O)OCC[Si](C)(C)C)CC3)n1)CN(c1ccc3ccccc3c1)C2. The van der Waals surface area contributed by atoms with E-state index in [0.29, 0.717) is 51.0 Å². The number of rotatable bonds is 6. The molecule has 0 spiro atoms. The highest BCUT2D eigenvalue weighted by Gasteiger charge is 2.31. The van der Waals surface area contributed by atoms with Crippen molar-refractivity contribution in [2.45, 2.75) is 43.9 Å². The molecule has 0 aliphatic carbocycles. The minimum absolute atomic E-state index is 0.233. The van der Waals surface area contributed by atoms with Gasteiger partial charge in [0.15, 0.2) is 0 Å². The summed E-state index contributed by atoms with van der Waals surface area (Å²) in [5.74, 6) is 0.838. The van der Waals surface area contributed by atoms with Crippen LogP contribution in [0.2, 0.25) is 25.7 Å². The number of carbonyl (C=O) groups is 1. The quantitative estimate of drug-likeness (QED) is 0.339. The van der Waals surface area contributed by atoms with Gasteiger partial charge in [-0.2, -0.15) is 0 Å². The second-order valence-electron chi connectivity index (χ2n) is 11.0. The van der Waals surface area contributed by atoms with Gasteiger partial charge in [0.25, 0.3) is 0 Å². The van der Waals surface area contributed by atoms with E-state index in [1.807, 2.05) is 0 Å². The average Bonchev–Trinajstić information content (AvgIpc) is 3.31. The van der Waals surface area contributed by atoms with Crippen LogP contribution < -0.4 is 9.80 Å². The first-order valence-electron chi connectivity index (χ1n) is 12.8. The van der Waals surface area contributed by atoms with Gasteiger partial charge in [0.05, 0.1) is 29.6 Å². The maximum Gasteiger partial charge on any atom is 0.409 e. The highest BCUT2D eigenvalue weighted by atomic mass is 32.2. The normalized spacial score (nSPS) is 16.7. The predicted octanol–water partition coefficient (Wildman–Crippen LogP) is 4.48. The van der Waals surface area contributed by atoms with Gasteiger partial charge in [0.1, 0.15) is 5.82 Å². The fraction of sp³-hybridized carbons (Fsp3) is 0.444. The van der Waals surface area contributed by atoms with Crippen molar-refractivity contribution in [3.05, 3.63) is 53.7 Å². The Bertz CT molecular complexity index is 1340. The van der Waals surface area contributed by atoms with Crippen LogP contribution in [0, 0.1) is 0 Å². The van der Waals surface area contributed by atoms with E-state index in [0.717, 1.165) is 28.8 Å². The smallest absolute Gasteiger partial charge is 0.409 e. The number of fused-ring (bicyclic) bond motifs is 2. The van der Waals surface area contributed by atoms with Gasteiger partial charge in [-0.15, -0.1) is 0 Å². The van der Waals surface area contributed by atoms with Crippen molar-refractivity contribution >= 4 is 47.2 Å². The Morgan fingerprint density at radius 2 is 1.70 bits per heavy atom. The van der Waals surface area contributed by atoms with Crippen LogP contribution in [0.5, 0.6) is 0 Å². The van der Waals surface area contributed by atoms with Gasteiger partial charge < -0.3 is 19.4 Å². The van der Waals surface area contributed by atoms with Gasteiger partial charge in [-0.3, -0.25) is 4.21 Å². The molecular weight excluding hydrogens is 502 g/mol. The molecule has 1 aromatic heterocycles. The second-order valence-corrected chi connectivity index (χ2v) is 17.9. The van der Waals surface area contributed by atoms with Gasteiger partial charge in [0.2, 0.25) is 5.16 Å². The molecule has 0 radical (unpaired) electrons. The van der Waals surface area contributed by atoms with Crippen molar-refractivity contribution in [2.24, 2.45) is 0 Å². The maximum atomic E-state index is 12.6. The number of carbonyl (C=O) groups excluding carboxylic acids is 1. The van der Waals surface area contributed by atoms with Gasteiger partial charge in [-0.25, -0.2) is 14.8 Å². The molecule has 1 atom stereocenters. The molecule has 3 aromatic rings. The molecule has 2 aromatic carbocycles. The van der Waals surface area contributed by atoms with Crippen LogP contribution >= 0.6 is 0 Å². The van der Waals surface area contributed by atoms with E-state index in [1.165, 1.54) is 10.8 Å². The number of aromatic nitrogens is 2. The zero-order valence-electron chi connectivity index (χ0n) is 22.1. The Labute approximate surface area is 222 Å². The summed E-state index contributed by atoms with van der Waals surface area (Å²) in [5, 5.41) is 2.77. The standard InChI is InChI=1S/C27H35N5O3SSi/c1-36(34)26-28-24-19-32(22-10-9-20-7-5-6-8-21(20)17-22)18-23(24)25(29-26)30-11-13-31(14-12-30)27(33)35-15-16-37(2,3)4/h5-10,17H,11-16,18-19H2,1-4H3. The number of benzene rings is 2. The summed E-state index contributed by atoms with van der Waals surface area (Å²) >= 11 is 0. The number of piperazine rings is 1. The molecule has 196 valence electrons. The number of hydrogen-bond acceptors (Lipinski definition) is 7. The average molecular weight is 538 g/mol. The largest absolute Gasteiger partial charge is 0.450 e. The van der Waals surface area contributed by atoms with E-state index in [1.54, 1.807) is 11.2 Å². The van der Waals surface area contributed by atoms with Crippen LogP contribution in [0.25, 0.3) is 10.8 Å². The highest BCUT2D eigenvalue weighted by molar-refractivity contribution is 7.84. The molecule has 5 rings (SSSR count). The van der Waals surface area contributed by atoms with Crippen molar-refractivity contribution < 1.29 is 13.7 Å². The van der Waals surface area contributed by atoms with Crippen LogP contribution in [0.1, 0.15) is 11.3 Å². The zero-order chi connectivity index (χ0) is 26.2. The van der Waals surface area contributed by atoms with E-state index < -0.39 is 18.9 Å². The molecule has 0 bridgehead atoms. The third-order valence-electron chi connectivity index (χ3n) is 7.01. The summed E-state index contributed by atoms with van der Waals surface area (Å²) in [4.78, 5) is 28.3. The third kappa shape index (κ3) is 5.80. The van der Waals surface area contributed by atoms with Crippen LogP contribution in [0.3, 0.4) is 0 Å². The zero-order valence-corrected chi connectivity index (χ0v) is 23.9. The van der Waals surface area contributed by atoms with E-state index in [2.05, 4.69) is 76.9 Å². The van der Waals surface area contributed by atoms with Crippen molar-refractivity contribution in [3.63, 3.8) is 0 Å². The third-order valence-corrected chi connectivity index (χ3v) is 9.41. The lowest BCUT2D eigenvalue weighted by Crippen LogP contribution is -2.49. The van der Waals surface area contributed by atoms with Crippen LogP contribution in [0.15, 0.2) is 47.6 Å². The van der Waals surface area contributed by atoms with Crippen molar-refractivity contribution in [3.8, 4) is 0 Å². The van der Waals surface area contributed by atoms with E-state index in [9.17, 15) is 9.00 Å². The Balaban J connectivity index is 1.31. The second kappa shape index (κ2) is 10.4. The number of anilines is 2. The molecule has 8 nitrogen and oxygen atoms in total. The molecule has 3 heterocycles. The van der Waals surface area contributed by atoms with Crippen LogP contribution in [-0.2, 0) is 28.6 Å². The van der Waals surface area contributed by atoms with Gasteiger partial charge in [-0.1, -0.05) is 50.0 Å². The Kier molecular flexibility index (Phi) is 7.22. The molecule has 1 amide bonds. The lowest BCUT2D eigenvalue weighted by Gasteiger charge is -2.35. The van der Waals surface area contributed by atoms with Crippen LogP contribution in [0.4, 0.5) is 16.3 Å². The number of ether oxygens (including phenoxy) is 1. The minimum Gasteiger partial charge on any atom is -0.450 e. The Morgan fingerprint density at radius 1 is 0.973 bits per heavy atom. The molecule has 1 saturated heterocycles. The topological polar surface area (TPSA) is 78.9 Å². The molecule has 2 aliphatic rings. The first-order valence-corrected chi connectivity index (χ1v) is 18.1. The summed E-state index contributed by atoms with van der Waals surface area (Å²) in [6, 6.07) is 15.8. The highest BCUT2D eigenvalue weighted by Crippen LogP contribution is 2.34. The lowest BCUT2D eigenvalue weighted by molar-refractivity contribution is 0.104. The van der Waals surface area contributed by atoms with Gasteiger partial charge in [0, 0.05) is 58.3 Å². The summed E-state index contributed by atoms with van der Waals surface area (Å²) in [6.45, 7) is 11.1. The molecule has 0 N–H and O–H groups in total. The molecule has 1 unspecified atom stereocenters. The predicted molar refractivity (Wildman–Crippen MR) is 151 cm³/mol. The van der Waals surface area contributed by atoms with Crippen LogP contribution in [-0.4, -0.2) is 72.3 Å². The molecule has 37 heavy (non-hydrogen) atoms. The van der Waals surface area contributed by atoms with E-state index >= 15 is 0 Å². The van der Waals surface area contributed by atoms with Gasteiger partial charge in [-0.05, 0) is 28.9 Å². The fourth-order valence-electron chi connectivity index (χ4n) is 4.80. The van der Waals surface area contributed by atoms with Gasteiger partial charge >= 0.3 is 6.09 Å². The summed E-state index contributed by atoms with van der Waals surface area (Å²) in [7, 11) is -2.53. The molecular formula is C27H35N5O3SSi. The summed E-state index contributed by atoms with van der Waals surface area (Å²) < 4.78 is 17.9. The summed E-state index contributed by atoms with van der Waals surface area (Å²) in [6.07, 6.45) is 1.39. The maximum absolute atomic E-state index is 12.6. The van der Waals surface area contributed by atoms with Crippen molar-refractivity contribution in [1.82, 2.24) is 14.9 Å².